The Hall–Kier alpha value is -0.540. The van der Waals surface area contributed by atoms with Crippen LogP contribution in [0.2, 0.25) is 0 Å². The standard InChI is InChI=1S/C18H28BrNO/c1-11-10-14(19)12(2)15(17(11)21-5)16(20)13-8-6-7-9-18(13,3)4/h10,13,16H,6-9,20H2,1-5H3. The van der Waals surface area contributed by atoms with Crippen molar-refractivity contribution >= 4 is 15.9 Å². The van der Waals surface area contributed by atoms with Gasteiger partial charge in [0.25, 0.3) is 0 Å². The summed E-state index contributed by atoms with van der Waals surface area (Å²) in [6, 6.07) is 2.16. The van der Waals surface area contributed by atoms with E-state index in [1.165, 1.54) is 36.8 Å². The van der Waals surface area contributed by atoms with Crippen LogP contribution in [-0.4, -0.2) is 7.11 Å². The fourth-order valence-corrected chi connectivity index (χ4v) is 4.49. The number of hydrogen-bond donors (Lipinski definition) is 1. The molecule has 2 atom stereocenters. The lowest BCUT2D eigenvalue weighted by molar-refractivity contribution is 0.111. The van der Waals surface area contributed by atoms with Crippen LogP contribution in [-0.2, 0) is 0 Å². The van der Waals surface area contributed by atoms with Crippen molar-refractivity contribution in [2.45, 2.75) is 59.4 Å². The zero-order valence-corrected chi connectivity index (χ0v) is 15.5. The van der Waals surface area contributed by atoms with Crippen molar-refractivity contribution in [1.82, 2.24) is 0 Å². The van der Waals surface area contributed by atoms with Gasteiger partial charge in [0.2, 0.25) is 0 Å². The molecule has 0 saturated heterocycles. The van der Waals surface area contributed by atoms with E-state index in [1.807, 2.05) is 0 Å². The molecule has 1 aromatic carbocycles. The van der Waals surface area contributed by atoms with Gasteiger partial charge in [0, 0.05) is 16.1 Å². The Labute approximate surface area is 137 Å². The molecule has 0 radical (unpaired) electrons. The number of ether oxygens (including phenoxy) is 1. The van der Waals surface area contributed by atoms with Gasteiger partial charge in [-0.25, -0.2) is 0 Å². The van der Waals surface area contributed by atoms with Crippen LogP contribution in [0.15, 0.2) is 10.5 Å². The van der Waals surface area contributed by atoms with E-state index in [0.29, 0.717) is 11.3 Å². The zero-order valence-electron chi connectivity index (χ0n) is 13.9. The summed E-state index contributed by atoms with van der Waals surface area (Å²) in [5.41, 5.74) is 10.6. The summed E-state index contributed by atoms with van der Waals surface area (Å²) in [7, 11) is 1.75. The predicted octanol–water partition coefficient (Wildman–Crippen LogP) is 5.29. The summed E-state index contributed by atoms with van der Waals surface area (Å²) in [5, 5.41) is 0. The van der Waals surface area contributed by atoms with Gasteiger partial charge >= 0.3 is 0 Å². The SMILES string of the molecule is COc1c(C)cc(Br)c(C)c1C(N)C1CCCCC1(C)C. The maximum atomic E-state index is 6.76. The van der Waals surface area contributed by atoms with Gasteiger partial charge < -0.3 is 10.5 Å². The zero-order chi connectivity index (χ0) is 15.8. The monoisotopic (exact) mass is 353 g/mol. The molecule has 1 aliphatic rings. The molecule has 0 bridgehead atoms. The summed E-state index contributed by atoms with van der Waals surface area (Å²) in [4.78, 5) is 0. The van der Waals surface area contributed by atoms with Crippen molar-refractivity contribution < 1.29 is 4.74 Å². The first-order valence-electron chi connectivity index (χ1n) is 7.88. The third-order valence-corrected chi connectivity index (χ3v) is 6.09. The number of aryl methyl sites for hydroxylation is 1. The number of nitrogens with two attached hydrogens (primary N) is 1. The molecule has 1 aromatic rings. The van der Waals surface area contributed by atoms with Crippen molar-refractivity contribution in [2.75, 3.05) is 7.11 Å². The minimum absolute atomic E-state index is 0.0337. The number of hydrogen-bond acceptors (Lipinski definition) is 2. The third-order valence-electron chi connectivity index (χ3n) is 5.27. The topological polar surface area (TPSA) is 35.2 Å². The highest BCUT2D eigenvalue weighted by molar-refractivity contribution is 9.10. The molecule has 0 aliphatic heterocycles. The Bertz CT molecular complexity index is 524. The van der Waals surface area contributed by atoms with E-state index in [2.05, 4.69) is 49.7 Å². The van der Waals surface area contributed by atoms with Crippen molar-refractivity contribution in [3.05, 3.63) is 27.2 Å². The van der Waals surface area contributed by atoms with Crippen LogP contribution in [0.3, 0.4) is 0 Å². The molecule has 2 nitrogen and oxygen atoms in total. The van der Waals surface area contributed by atoms with E-state index < -0.39 is 0 Å². The van der Waals surface area contributed by atoms with E-state index in [1.54, 1.807) is 7.11 Å². The molecule has 21 heavy (non-hydrogen) atoms. The second-order valence-electron chi connectivity index (χ2n) is 7.11. The quantitative estimate of drug-likeness (QED) is 0.800. The van der Waals surface area contributed by atoms with E-state index >= 15 is 0 Å². The average Bonchev–Trinajstić information content (AvgIpc) is 2.41. The fourth-order valence-electron chi connectivity index (χ4n) is 3.94. The molecule has 2 rings (SSSR count). The highest BCUT2D eigenvalue weighted by atomic mass is 79.9. The van der Waals surface area contributed by atoms with Gasteiger partial charge in [-0.3, -0.25) is 0 Å². The van der Waals surface area contributed by atoms with Crippen LogP contribution in [0, 0.1) is 25.2 Å². The molecular formula is C18H28BrNO. The first kappa shape index (κ1) is 16.8. The maximum Gasteiger partial charge on any atom is 0.126 e. The largest absolute Gasteiger partial charge is 0.496 e. The first-order valence-corrected chi connectivity index (χ1v) is 8.68. The molecule has 0 aromatic heterocycles. The van der Waals surface area contributed by atoms with E-state index in [4.69, 9.17) is 10.5 Å². The number of halogens is 1. The van der Waals surface area contributed by atoms with Crippen molar-refractivity contribution in [3.63, 3.8) is 0 Å². The molecule has 2 unspecified atom stereocenters. The van der Waals surface area contributed by atoms with Crippen molar-refractivity contribution in [1.29, 1.82) is 0 Å². The van der Waals surface area contributed by atoms with E-state index in [9.17, 15) is 0 Å². The van der Waals surface area contributed by atoms with Crippen molar-refractivity contribution in [2.24, 2.45) is 17.1 Å². The number of methoxy groups -OCH3 is 1. The Kier molecular flexibility index (Phi) is 5.04. The first-order chi connectivity index (χ1) is 9.79. The summed E-state index contributed by atoms with van der Waals surface area (Å²) in [6.45, 7) is 8.95. The predicted molar refractivity (Wildman–Crippen MR) is 92.8 cm³/mol. The van der Waals surface area contributed by atoms with Gasteiger partial charge in [0.1, 0.15) is 5.75 Å². The molecule has 1 saturated carbocycles. The van der Waals surface area contributed by atoms with Crippen LogP contribution in [0.25, 0.3) is 0 Å². The van der Waals surface area contributed by atoms with Crippen LogP contribution >= 0.6 is 15.9 Å². The minimum atomic E-state index is 0.0337. The number of benzene rings is 1. The van der Waals surface area contributed by atoms with Crippen LogP contribution in [0.1, 0.15) is 62.3 Å². The van der Waals surface area contributed by atoms with Crippen LogP contribution in [0.5, 0.6) is 5.75 Å². The second-order valence-corrected chi connectivity index (χ2v) is 7.97. The molecule has 1 fully saturated rings. The summed E-state index contributed by atoms with van der Waals surface area (Å²) < 4.78 is 6.82. The van der Waals surface area contributed by atoms with Gasteiger partial charge in [-0.15, -0.1) is 0 Å². The van der Waals surface area contributed by atoms with Crippen LogP contribution < -0.4 is 10.5 Å². The molecule has 2 N–H and O–H groups in total. The second kappa shape index (κ2) is 6.29. The van der Waals surface area contributed by atoms with Gasteiger partial charge in [0.05, 0.1) is 7.11 Å². The Morgan fingerprint density at radius 1 is 1.33 bits per heavy atom. The molecule has 0 spiro atoms. The lowest BCUT2D eigenvalue weighted by atomic mass is 9.64. The third kappa shape index (κ3) is 3.14. The van der Waals surface area contributed by atoms with E-state index in [-0.39, 0.29) is 6.04 Å². The summed E-state index contributed by atoms with van der Waals surface area (Å²) >= 11 is 3.67. The molecule has 0 heterocycles. The van der Waals surface area contributed by atoms with E-state index in [0.717, 1.165) is 15.8 Å². The smallest absolute Gasteiger partial charge is 0.126 e. The van der Waals surface area contributed by atoms with Crippen molar-refractivity contribution in [3.8, 4) is 5.75 Å². The van der Waals surface area contributed by atoms with Gasteiger partial charge in [0.15, 0.2) is 0 Å². The normalized spacial score (nSPS) is 22.9. The van der Waals surface area contributed by atoms with Gasteiger partial charge in [-0.1, -0.05) is 42.6 Å². The molecular weight excluding hydrogens is 326 g/mol. The highest BCUT2D eigenvalue weighted by Crippen LogP contribution is 2.49. The Morgan fingerprint density at radius 2 is 2.00 bits per heavy atom. The minimum Gasteiger partial charge on any atom is -0.496 e. The lowest BCUT2D eigenvalue weighted by Gasteiger charge is -2.43. The Balaban J connectivity index is 2.50. The fraction of sp³-hybridized carbons (Fsp3) is 0.667. The Morgan fingerprint density at radius 3 is 2.57 bits per heavy atom. The number of rotatable bonds is 3. The summed E-state index contributed by atoms with van der Waals surface area (Å²) in [5.74, 6) is 1.47. The summed E-state index contributed by atoms with van der Waals surface area (Å²) in [6.07, 6.45) is 5.09. The molecule has 3 heteroatoms. The highest BCUT2D eigenvalue weighted by Gasteiger charge is 2.38. The van der Waals surface area contributed by atoms with Gasteiger partial charge in [-0.05, 0) is 55.2 Å². The lowest BCUT2D eigenvalue weighted by Crippen LogP contribution is -2.37. The molecule has 118 valence electrons. The maximum absolute atomic E-state index is 6.76. The molecule has 0 amide bonds. The van der Waals surface area contributed by atoms with Gasteiger partial charge in [-0.2, -0.15) is 0 Å². The van der Waals surface area contributed by atoms with Crippen LogP contribution in [0.4, 0.5) is 0 Å². The average molecular weight is 354 g/mol. The molecule has 1 aliphatic carbocycles.